The van der Waals surface area contributed by atoms with Gasteiger partial charge in [-0.15, -0.1) is 0 Å². The van der Waals surface area contributed by atoms with E-state index in [9.17, 15) is 10.5 Å². The summed E-state index contributed by atoms with van der Waals surface area (Å²) in [5, 5.41) is 20.1. The third-order valence-electron chi connectivity index (χ3n) is 5.54. The minimum atomic E-state index is -1.56. The molecular weight excluding hydrogens is 336 g/mol. The van der Waals surface area contributed by atoms with Crippen LogP contribution < -0.4 is 15.2 Å². The fraction of sp³-hybridized carbons (Fsp3) is 0.500. The summed E-state index contributed by atoms with van der Waals surface area (Å²) >= 11 is 0. The van der Waals surface area contributed by atoms with Gasteiger partial charge in [0.05, 0.1) is 39.1 Å². The molecule has 134 valence electrons. The van der Waals surface area contributed by atoms with E-state index in [-0.39, 0.29) is 18.5 Å². The van der Waals surface area contributed by atoms with Crippen molar-refractivity contribution < 1.29 is 18.9 Å². The van der Waals surface area contributed by atoms with Crippen LogP contribution in [0.5, 0.6) is 11.5 Å². The Morgan fingerprint density at radius 1 is 1.23 bits per heavy atom. The molecule has 1 aromatic carbocycles. The second-order valence-electron chi connectivity index (χ2n) is 6.71. The lowest BCUT2D eigenvalue weighted by atomic mass is 9.94. The summed E-state index contributed by atoms with van der Waals surface area (Å²) in [6, 6.07) is 9.77. The molecular formula is C18H18N4O4. The lowest BCUT2D eigenvalue weighted by Gasteiger charge is -2.26. The second kappa shape index (κ2) is 5.10. The van der Waals surface area contributed by atoms with E-state index >= 15 is 0 Å². The molecule has 1 spiro atoms. The van der Waals surface area contributed by atoms with Crippen molar-refractivity contribution in [2.75, 3.05) is 20.8 Å². The average molecular weight is 354 g/mol. The quantitative estimate of drug-likeness (QED) is 0.867. The summed E-state index contributed by atoms with van der Waals surface area (Å²) in [5.74, 6) is -0.985. The van der Waals surface area contributed by atoms with Crippen molar-refractivity contribution in [3.05, 3.63) is 23.8 Å². The van der Waals surface area contributed by atoms with Gasteiger partial charge in [-0.25, -0.2) is 4.99 Å². The van der Waals surface area contributed by atoms with Crippen LogP contribution in [-0.4, -0.2) is 38.7 Å². The molecule has 1 aliphatic carbocycles. The van der Waals surface area contributed by atoms with Gasteiger partial charge in [0.25, 0.3) is 5.91 Å². The van der Waals surface area contributed by atoms with Gasteiger partial charge in [-0.3, -0.25) is 0 Å². The predicted octanol–water partition coefficient (Wildman–Crippen LogP) is 1.28. The van der Waals surface area contributed by atoms with Crippen LogP contribution in [0.25, 0.3) is 0 Å². The van der Waals surface area contributed by atoms with Crippen molar-refractivity contribution >= 4 is 5.84 Å². The van der Waals surface area contributed by atoms with Crippen LogP contribution in [0, 0.1) is 33.5 Å². The Morgan fingerprint density at radius 3 is 2.50 bits per heavy atom. The molecule has 1 aromatic rings. The van der Waals surface area contributed by atoms with E-state index in [1.165, 1.54) is 14.2 Å². The minimum absolute atomic E-state index is 0.0652. The van der Waals surface area contributed by atoms with Crippen molar-refractivity contribution in [1.29, 1.82) is 10.5 Å². The van der Waals surface area contributed by atoms with Crippen molar-refractivity contribution in [1.82, 2.24) is 0 Å². The Hall–Kier alpha value is -2.81. The zero-order valence-corrected chi connectivity index (χ0v) is 14.6. The lowest BCUT2D eigenvalue weighted by Crippen LogP contribution is -2.39. The Labute approximate surface area is 150 Å². The number of amidine groups is 1. The van der Waals surface area contributed by atoms with Gasteiger partial charge in [0.15, 0.2) is 16.9 Å². The molecule has 2 aliphatic heterocycles. The minimum Gasteiger partial charge on any atom is -0.493 e. The standard InChI is InChI=1S/C18H18N4O4/c1-10-7-25-18(26-10)17(9-20)14(16(17,8-19)15(21)22-18)11-4-5-12(23-2)13(6-11)24-3/h4-6,10,14H,7H2,1-3H3,(H2,21,22). The molecule has 1 saturated heterocycles. The molecule has 1 saturated carbocycles. The number of aliphatic imine (C=N–C) groups is 1. The molecule has 2 heterocycles. The molecule has 0 bridgehead atoms. The number of methoxy groups -OCH3 is 2. The second-order valence-corrected chi connectivity index (χ2v) is 6.71. The fourth-order valence-corrected chi connectivity index (χ4v) is 4.39. The monoisotopic (exact) mass is 354 g/mol. The summed E-state index contributed by atoms with van der Waals surface area (Å²) in [5.41, 5.74) is 4.21. The molecule has 0 amide bonds. The van der Waals surface area contributed by atoms with Crippen LogP contribution in [-0.2, 0) is 9.47 Å². The predicted molar refractivity (Wildman–Crippen MR) is 89.2 cm³/mol. The Bertz CT molecular complexity index is 903. The Kier molecular flexibility index (Phi) is 3.27. The van der Waals surface area contributed by atoms with Crippen LogP contribution >= 0.6 is 0 Å². The van der Waals surface area contributed by atoms with Gasteiger partial charge in [0, 0.05) is 5.92 Å². The van der Waals surface area contributed by atoms with Gasteiger partial charge in [-0.1, -0.05) is 6.07 Å². The Morgan fingerprint density at radius 2 is 1.96 bits per heavy atom. The number of nitrogens with zero attached hydrogens (tertiary/aromatic N) is 3. The number of rotatable bonds is 3. The van der Waals surface area contributed by atoms with Crippen molar-refractivity contribution in [2.45, 2.75) is 24.9 Å². The van der Waals surface area contributed by atoms with Gasteiger partial charge in [-0.2, -0.15) is 10.5 Å². The molecule has 8 heteroatoms. The highest BCUT2D eigenvalue weighted by Crippen LogP contribution is 2.82. The first-order chi connectivity index (χ1) is 12.5. The van der Waals surface area contributed by atoms with E-state index in [2.05, 4.69) is 17.1 Å². The number of hydrogen-bond donors (Lipinski definition) is 1. The van der Waals surface area contributed by atoms with E-state index in [0.717, 1.165) is 5.56 Å². The summed E-state index contributed by atoms with van der Waals surface area (Å²) in [6.45, 7) is 2.10. The number of nitriles is 2. The SMILES string of the molecule is COc1ccc(C2C3(C#N)C(N)=NC4(OCC(C)O4)C23C#N)cc1OC. The highest BCUT2D eigenvalue weighted by Gasteiger charge is 2.94. The van der Waals surface area contributed by atoms with Crippen LogP contribution in [0.2, 0.25) is 0 Å². The van der Waals surface area contributed by atoms with Gasteiger partial charge >= 0.3 is 0 Å². The van der Waals surface area contributed by atoms with Crippen molar-refractivity contribution in [3.63, 3.8) is 0 Å². The Balaban J connectivity index is 1.88. The maximum absolute atomic E-state index is 10.1. The van der Waals surface area contributed by atoms with E-state index in [0.29, 0.717) is 11.5 Å². The lowest BCUT2D eigenvalue weighted by molar-refractivity contribution is -0.193. The van der Waals surface area contributed by atoms with Crippen molar-refractivity contribution in [3.8, 4) is 23.6 Å². The molecule has 5 atom stereocenters. The molecule has 3 aliphatic rings. The summed E-state index contributed by atoms with van der Waals surface area (Å²) in [4.78, 5) is 4.29. The van der Waals surface area contributed by atoms with E-state index in [1.807, 2.05) is 6.92 Å². The highest BCUT2D eigenvalue weighted by atomic mass is 16.8. The molecule has 26 heavy (non-hydrogen) atoms. The maximum atomic E-state index is 10.1. The molecule has 8 nitrogen and oxygen atoms in total. The molecule has 2 N–H and O–H groups in total. The molecule has 4 rings (SSSR count). The number of ether oxygens (including phenoxy) is 4. The largest absolute Gasteiger partial charge is 0.493 e. The molecule has 0 radical (unpaired) electrons. The first-order valence-electron chi connectivity index (χ1n) is 8.18. The summed E-state index contributed by atoms with van der Waals surface area (Å²) in [7, 11) is 3.07. The van der Waals surface area contributed by atoms with Gasteiger partial charge < -0.3 is 24.7 Å². The van der Waals surface area contributed by atoms with E-state index < -0.39 is 22.7 Å². The average Bonchev–Trinajstić information content (AvgIpc) is 3.05. The van der Waals surface area contributed by atoms with Crippen molar-refractivity contribution in [2.24, 2.45) is 21.6 Å². The number of nitrogens with two attached hydrogens (primary N) is 1. The van der Waals surface area contributed by atoms with Gasteiger partial charge in [0.2, 0.25) is 0 Å². The van der Waals surface area contributed by atoms with Crippen LogP contribution in [0.1, 0.15) is 18.4 Å². The smallest absolute Gasteiger partial charge is 0.293 e. The first kappa shape index (κ1) is 16.6. The number of hydrogen-bond acceptors (Lipinski definition) is 8. The van der Waals surface area contributed by atoms with Gasteiger partial charge in [0.1, 0.15) is 11.3 Å². The normalized spacial score (nSPS) is 39.7. The number of fused-ring (bicyclic) bond motifs is 2. The summed E-state index contributed by atoms with van der Waals surface area (Å²) in [6.07, 6.45) is -0.252. The molecule has 5 unspecified atom stereocenters. The molecule has 2 fully saturated rings. The highest BCUT2D eigenvalue weighted by molar-refractivity contribution is 6.00. The maximum Gasteiger partial charge on any atom is 0.293 e. The third-order valence-corrected chi connectivity index (χ3v) is 5.54. The van der Waals surface area contributed by atoms with E-state index in [1.54, 1.807) is 18.2 Å². The zero-order valence-electron chi connectivity index (χ0n) is 14.6. The third kappa shape index (κ3) is 1.57. The van der Waals surface area contributed by atoms with Crippen LogP contribution in [0.4, 0.5) is 0 Å². The topological polar surface area (TPSA) is 123 Å². The van der Waals surface area contributed by atoms with E-state index in [4.69, 9.17) is 24.7 Å². The van der Waals surface area contributed by atoms with Crippen LogP contribution in [0.3, 0.4) is 0 Å². The fourth-order valence-electron chi connectivity index (χ4n) is 4.39. The van der Waals surface area contributed by atoms with Gasteiger partial charge in [-0.05, 0) is 24.6 Å². The number of benzene rings is 1. The first-order valence-corrected chi connectivity index (χ1v) is 8.18. The molecule has 0 aromatic heterocycles. The van der Waals surface area contributed by atoms with Crippen LogP contribution in [0.15, 0.2) is 23.2 Å². The summed E-state index contributed by atoms with van der Waals surface area (Å²) < 4.78 is 22.3. The zero-order chi connectivity index (χ0) is 18.7.